The summed E-state index contributed by atoms with van der Waals surface area (Å²) in [5.74, 6) is 1.40. The van der Waals surface area contributed by atoms with Gasteiger partial charge in [0.05, 0.1) is 11.4 Å². The van der Waals surface area contributed by atoms with E-state index in [-0.39, 0.29) is 0 Å². The zero-order chi connectivity index (χ0) is 14.7. The van der Waals surface area contributed by atoms with E-state index in [1.807, 2.05) is 36.0 Å². The van der Waals surface area contributed by atoms with E-state index in [0.717, 1.165) is 22.0 Å². The summed E-state index contributed by atoms with van der Waals surface area (Å²) in [5, 5.41) is 10.3. The van der Waals surface area contributed by atoms with Gasteiger partial charge in [-0.15, -0.1) is 6.42 Å². The molecule has 1 atom stereocenters. The average Bonchev–Trinajstić information content (AvgIpc) is 2.75. The zero-order valence-electron chi connectivity index (χ0n) is 11.5. The van der Waals surface area contributed by atoms with Crippen molar-refractivity contribution >= 4 is 16.9 Å². The molecule has 4 heteroatoms. The van der Waals surface area contributed by atoms with Gasteiger partial charge in [-0.25, -0.2) is 0 Å². The van der Waals surface area contributed by atoms with E-state index in [0.29, 0.717) is 19.4 Å². The van der Waals surface area contributed by atoms with E-state index in [4.69, 9.17) is 12.2 Å². The predicted octanol–water partition coefficient (Wildman–Crippen LogP) is 1.75. The molecule has 104 valence electrons. The van der Waals surface area contributed by atoms with Gasteiger partial charge in [-0.3, -0.25) is 4.79 Å². The Kier molecular flexibility index (Phi) is 4.11. The lowest BCUT2D eigenvalue weighted by atomic mass is 9.95. The third-order valence-corrected chi connectivity index (χ3v) is 3.57. The Morgan fingerprint density at radius 3 is 2.90 bits per heavy atom. The molecule has 0 spiro atoms. The smallest absolute Gasteiger partial charge is 0.306 e. The van der Waals surface area contributed by atoms with E-state index in [2.05, 4.69) is 5.92 Å². The van der Waals surface area contributed by atoms with Crippen molar-refractivity contribution in [2.45, 2.75) is 12.8 Å². The van der Waals surface area contributed by atoms with Crippen LogP contribution >= 0.6 is 0 Å². The Balaban J connectivity index is 2.46. The van der Waals surface area contributed by atoms with Gasteiger partial charge in [0, 0.05) is 24.2 Å². The number of aliphatic carboxylic acids is 1. The highest BCUT2D eigenvalue weighted by molar-refractivity contribution is 5.89. The molecule has 0 bridgehead atoms. The molecule has 1 unspecified atom stereocenters. The van der Waals surface area contributed by atoms with E-state index in [1.54, 1.807) is 0 Å². The Hall–Kier alpha value is -2.25. The standard InChI is InChI=1S/C16H18N2O2/c1-3-11-5-4-6-14-13(10-18(2)15(11)14)9-12(7-8-17)16(19)20/h1,4-6,10,12H,7-9,17H2,2H3,(H,19,20). The third-order valence-electron chi connectivity index (χ3n) is 3.57. The third kappa shape index (κ3) is 2.54. The number of carboxylic acid groups (broad SMARTS) is 1. The Labute approximate surface area is 118 Å². The minimum atomic E-state index is -0.805. The van der Waals surface area contributed by atoms with Crippen LogP contribution in [0.15, 0.2) is 24.4 Å². The number of fused-ring (bicyclic) bond motifs is 1. The molecule has 20 heavy (non-hydrogen) atoms. The molecule has 0 radical (unpaired) electrons. The number of rotatable bonds is 5. The number of terminal acetylenes is 1. The number of para-hydroxylation sites is 1. The molecule has 0 amide bonds. The lowest BCUT2D eigenvalue weighted by molar-refractivity contribution is -0.141. The predicted molar refractivity (Wildman–Crippen MR) is 79.4 cm³/mol. The fourth-order valence-electron chi connectivity index (χ4n) is 2.61. The number of carbonyl (C=O) groups is 1. The Bertz CT molecular complexity index is 680. The SMILES string of the molecule is C#Cc1cccc2c(CC(CCN)C(=O)O)cn(C)c12. The van der Waals surface area contributed by atoms with Gasteiger partial charge in [-0.05, 0) is 31.0 Å². The molecule has 0 aliphatic rings. The summed E-state index contributed by atoms with van der Waals surface area (Å²) in [5.41, 5.74) is 8.28. The maximum Gasteiger partial charge on any atom is 0.306 e. The van der Waals surface area contributed by atoms with Crippen molar-refractivity contribution in [2.75, 3.05) is 6.54 Å². The van der Waals surface area contributed by atoms with Gasteiger partial charge in [0.1, 0.15) is 0 Å². The summed E-state index contributed by atoms with van der Waals surface area (Å²) in [4.78, 5) is 11.3. The number of benzene rings is 1. The highest BCUT2D eigenvalue weighted by atomic mass is 16.4. The summed E-state index contributed by atoms with van der Waals surface area (Å²) in [7, 11) is 1.92. The normalized spacial score (nSPS) is 12.2. The molecular weight excluding hydrogens is 252 g/mol. The number of nitrogens with two attached hydrogens (primary N) is 1. The van der Waals surface area contributed by atoms with E-state index in [9.17, 15) is 9.90 Å². The van der Waals surface area contributed by atoms with Crippen LogP contribution in [0.4, 0.5) is 0 Å². The first kappa shape index (κ1) is 14.2. The lowest BCUT2D eigenvalue weighted by Crippen LogP contribution is -2.20. The van der Waals surface area contributed by atoms with Crippen molar-refractivity contribution in [1.29, 1.82) is 0 Å². The van der Waals surface area contributed by atoms with E-state index in [1.165, 1.54) is 0 Å². The second-order valence-corrected chi connectivity index (χ2v) is 4.93. The van der Waals surface area contributed by atoms with E-state index < -0.39 is 11.9 Å². The summed E-state index contributed by atoms with van der Waals surface area (Å²) >= 11 is 0. The molecule has 1 aromatic carbocycles. The monoisotopic (exact) mass is 270 g/mol. The van der Waals surface area contributed by atoms with Gasteiger partial charge in [0.15, 0.2) is 0 Å². The van der Waals surface area contributed by atoms with Crippen LogP contribution in [0.2, 0.25) is 0 Å². The second-order valence-electron chi connectivity index (χ2n) is 4.93. The first-order valence-corrected chi connectivity index (χ1v) is 6.55. The topological polar surface area (TPSA) is 68.2 Å². The Morgan fingerprint density at radius 2 is 2.30 bits per heavy atom. The van der Waals surface area contributed by atoms with Crippen molar-refractivity contribution < 1.29 is 9.90 Å². The van der Waals surface area contributed by atoms with Crippen LogP contribution in [0.1, 0.15) is 17.5 Å². The van der Waals surface area contributed by atoms with Crippen LogP contribution in [-0.2, 0) is 18.3 Å². The van der Waals surface area contributed by atoms with Gasteiger partial charge in [-0.1, -0.05) is 18.1 Å². The van der Waals surface area contributed by atoms with Crippen LogP contribution in [0.25, 0.3) is 10.9 Å². The van der Waals surface area contributed by atoms with Crippen molar-refractivity contribution in [1.82, 2.24) is 4.57 Å². The zero-order valence-corrected chi connectivity index (χ0v) is 11.5. The highest BCUT2D eigenvalue weighted by Gasteiger charge is 2.20. The van der Waals surface area contributed by atoms with Crippen LogP contribution < -0.4 is 5.73 Å². The number of aryl methyl sites for hydroxylation is 1. The van der Waals surface area contributed by atoms with Crippen molar-refractivity contribution in [3.05, 3.63) is 35.5 Å². The fourth-order valence-corrected chi connectivity index (χ4v) is 2.61. The van der Waals surface area contributed by atoms with Crippen LogP contribution in [-0.4, -0.2) is 22.2 Å². The van der Waals surface area contributed by atoms with Crippen molar-refractivity contribution in [3.8, 4) is 12.3 Å². The number of hydrogen-bond acceptors (Lipinski definition) is 2. The first-order chi connectivity index (χ1) is 9.58. The summed E-state index contributed by atoms with van der Waals surface area (Å²) in [6, 6.07) is 5.77. The van der Waals surface area contributed by atoms with Gasteiger partial charge in [0.2, 0.25) is 0 Å². The number of nitrogens with zero attached hydrogens (tertiary/aromatic N) is 1. The molecule has 1 aromatic heterocycles. The van der Waals surface area contributed by atoms with Gasteiger partial charge >= 0.3 is 5.97 Å². The number of hydrogen-bond donors (Lipinski definition) is 2. The van der Waals surface area contributed by atoms with Crippen molar-refractivity contribution in [3.63, 3.8) is 0 Å². The van der Waals surface area contributed by atoms with Crippen LogP contribution in [0.5, 0.6) is 0 Å². The molecule has 2 rings (SSSR count). The van der Waals surface area contributed by atoms with E-state index >= 15 is 0 Å². The highest BCUT2D eigenvalue weighted by Crippen LogP contribution is 2.26. The number of aromatic nitrogens is 1. The summed E-state index contributed by atoms with van der Waals surface area (Å²) < 4.78 is 1.96. The lowest BCUT2D eigenvalue weighted by Gasteiger charge is -2.10. The molecule has 1 heterocycles. The minimum Gasteiger partial charge on any atom is -0.481 e. The van der Waals surface area contributed by atoms with Crippen LogP contribution in [0, 0.1) is 18.3 Å². The largest absolute Gasteiger partial charge is 0.481 e. The average molecular weight is 270 g/mol. The molecule has 3 N–H and O–H groups in total. The molecule has 0 saturated carbocycles. The van der Waals surface area contributed by atoms with Crippen molar-refractivity contribution in [2.24, 2.45) is 18.7 Å². The van der Waals surface area contributed by atoms with Gasteiger partial charge in [-0.2, -0.15) is 0 Å². The molecule has 0 fully saturated rings. The molecule has 2 aromatic rings. The molecular formula is C16H18N2O2. The fraction of sp³-hybridized carbons (Fsp3) is 0.312. The Morgan fingerprint density at radius 1 is 1.55 bits per heavy atom. The maximum absolute atomic E-state index is 11.3. The first-order valence-electron chi connectivity index (χ1n) is 6.55. The van der Waals surface area contributed by atoms with Gasteiger partial charge in [0.25, 0.3) is 0 Å². The maximum atomic E-state index is 11.3. The van der Waals surface area contributed by atoms with Crippen LogP contribution in [0.3, 0.4) is 0 Å². The van der Waals surface area contributed by atoms with Gasteiger partial charge < -0.3 is 15.4 Å². The molecule has 0 aliphatic heterocycles. The minimum absolute atomic E-state index is 0.372. The quantitative estimate of drug-likeness (QED) is 0.813. The second kappa shape index (κ2) is 5.81. The summed E-state index contributed by atoms with van der Waals surface area (Å²) in [6.07, 6.45) is 8.42. The molecule has 0 saturated heterocycles. The summed E-state index contributed by atoms with van der Waals surface area (Å²) in [6.45, 7) is 0.372. The number of carboxylic acids is 1. The molecule has 4 nitrogen and oxygen atoms in total. The molecule has 0 aliphatic carbocycles.